The summed E-state index contributed by atoms with van der Waals surface area (Å²) >= 11 is 1.21. The van der Waals surface area contributed by atoms with Crippen molar-refractivity contribution in [2.75, 3.05) is 25.9 Å². The Morgan fingerprint density at radius 2 is 1.69 bits per heavy atom. The van der Waals surface area contributed by atoms with Crippen molar-refractivity contribution in [2.24, 2.45) is 0 Å². The summed E-state index contributed by atoms with van der Waals surface area (Å²) in [4.78, 5) is 19.9. The van der Waals surface area contributed by atoms with Crippen molar-refractivity contribution in [3.8, 4) is 29.0 Å². The van der Waals surface area contributed by atoms with Gasteiger partial charge in [0.1, 0.15) is 39.5 Å². The zero-order valence-corrected chi connectivity index (χ0v) is 20.2. The maximum Gasteiger partial charge on any atom is 0.240 e. The molecule has 4 rings (SSSR count). The summed E-state index contributed by atoms with van der Waals surface area (Å²) in [5.74, 6) is 0.663. The van der Waals surface area contributed by atoms with Gasteiger partial charge in [-0.1, -0.05) is 54.2 Å². The van der Waals surface area contributed by atoms with E-state index in [0.29, 0.717) is 35.0 Å². The van der Waals surface area contributed by atoms with Crippen LogP contribution in [0.5, 0.6) is 5.75 Å². The van der Waals surface area contributed by atoms with Crippen LogP contribution in [0.3, 0.4) is 0 Å². The summed E-state index contributed by atoms with van der Waals surface area (Å²) in [7, 11) is 1.57. The van der Waals surface area contributed by atoms with Crippen LogP contribution in [0.1, 0.15) is 41.2 Å². The molecule has 0 spiro atoms. The molecular weight excluding hydrogens is 458 g/mol. The Morgan fingerprint density at radius 1 is 1.03 bits per heavy atom. The van der Waals surface area contributed by atoms with Gasteiger partial charge in [-0.3, -0.25) is 4.79 Å². The molecule has 3 aromatic rings. The van der Waals surface area contributed by atoms with Crippen molar-refractivity contribution >= 4 is 23.5 Å². The molecule has 0 saturated carbocycles. The number of ether oxygens (including phenoxy) is 1. The number of rotatable bonds is 6. The summed E-state index contributed by atoms with van der Waals surface area (Å²) in [6.45, 7) is 1.43. The minimum atomic E-state index is -0.593. The van der Waals surface area contributed by atoms with E-state index in [1.807, 2.05) is 35.2 Å². The lowest BCUT2D eigenvalue weighted by molar-refractivity contribution is -0.131. The summed E-state index contributed by atoms with van der Waals surface area (Å²) in [5, 5.41) is 19.7. The number of nitrogen functional groups attached to an aromatic ring is 1. The molecule has 1 fully saturated rings. The Balaban J connectivity index is 1.82. The van der Waals surface area contributed by atoms with Crippen LogP contribution >= 0.6 is 11.8 Å². The van der Waals surface area contributed by atoms with Gasteiger partial charge in [0.2, 0.25) is 5.91 Å². The number of benzene rings is 2. The van der Waals surface area contributed by atoms with Crippen LogP contribution in [0, 0.1) is 22.7 Å². The second-order valence-corrected chi connectivity index (χ2v) is 9.27. The molecule has 1 saturated heterocycles. The van der Waals surface area contributed by atoms with Gasteiger partial charge in [-0.05, 0) is 42.5 Å². The molecule has 7 nitrogen and oxygen atoms in total. The average Bonchev–Trinajstić information content (AvgIpc) is 2.92. The first-order valence-electron chi connectivity index (χ1n) is 11.4. The number of amides is 1. The van der Waals surface area contributed by atoms with E-state index in [0.717, 1.165) is 24.8 Å². The molecule has 1 aliphatic rings. The number of nitrogens with two attached hydrogens (primary N) is 1. The van der Waals surface area contributed by atoms with Gasteiger partial charge in [-0.2, -0.15) is 10.5 Å². The predicted octanol–water partition coefficient (Wildman–Crippen LogP) is 4.93. The molecule has 1 amide bonds. The number of methoxy groups -OCH3 is 1. The van der Waals surface area contributed by atoms with Gasteiger partial charge in [-0.15, -0.1) is 0 Å². The minimum Gasteiger partial charge on any atom is -0.497 e. The van der Waals surface area contributed by atoms with Gasteiger partial charge in [0.05, 0.1) is 12.7 Å². The molecule has 2 aromatic carbocycles. The number of hydrogen-bond donors (Lipinski definition) is 1. The quantitative estimate of drug-likeness (QED) is 0.494. The lowest BCUT2D eigenvalue weighted by atomic mass is 9.97. The van der Waals surface area contributed by atoms with Gasteiger partial charge in [0.15, 0.2) is 0 Å². The molecule has 2 N–H and O–H groups in total. The smallest absolute Gasteiger partial charge is 0.240 e. The van der Waals surface area contributed by atoms with Crippen LogP contribution < -0.4 is 10.5 Å². The molecular formula is C27H25N5O2S. The van der Waals surface area contributed by atoms with E-state index in [1.54, 1.807) is 31.4 Å². The van der Waals surface area contributed by atoms with Crippen molar-refractivity contribution in [3.63, 3.8) is 0 Å². The summed E-state index contributed by atoms with van der Waals surface area (Å²) in [6, 6.07) is 20.9. The average molecular weight is 484 g/mol. The van der Waals surface area contributed by atoms with Crippen LogP contribution in [0.15, 0.2) is 59.6 Å². The topological polar surface area (TPSA) is 116 Å². The lowest BCUT2D eigenvalue weighted by Crippen LogP contribution is -2.38. The van der Waals surface area contributed by atoms with Crippen LogP contribution in [0.2, 0.25) is 0 Å². The maximum atomic E-state index is 13.6. The molecule has 1 aromatic heterocycles. The molecule has 1 atom stereocenters. The highest BCUT2D eigenvalue weighted by molar-refractivity contribution is 8.00. The molecule has 0 aliphatic carbocycles. The number of pyridine rings is 1. The van der Waals surface area contributed by atoms with E-state index in [2.05, 4.69) is 17.1 Å². The summed E-state index contributed by atoms with van der Waals surface area (Å²) in [6.07, 6.45) is 3.07. The third kappa shape index (κ3) is 5.08. The third-order valence-electron chi connectivity index (χ3n) is 6.02. The first-order chi connectivity index (χ1) is 17.1. The fourth-order valence-electron chi connectivity index (χ4n) is 4.21. The standard InChI is InChI=1S/C27H25N5O2S/c1-34-20-12-10-18(11-13-20)23-21(16-28)25(30)31-26(22(23)17-29)35-24(19-8-4-2-5-9-19)27(33)32-14-6-3-7-15-32/h2,4-5,8-13,24H,3,6-7,14-15H2,1H3,(H2,30,31). The van der Waals surface area contributed by atoms with Gasteiger partial charge in [-0.25, -0.2) is 4.98 Å². The van der Waals surface area contributed by atoms with E-state index in [9.17, 15) is 15.3 Å². The Morgan fingerprint density at radius 3 is 2.29 bits per heavy atom. The number of hydrogen-bond acceptors (Lipinski definition) is 7. The summed E-state index contributed by atoms with van der Waals surface area (Å²) < 4.78 is 5.24. The number of likely N-dealkylation sites (tertiary alicyclic amines) is 1. The van der Waals surface area contributed by atoms with E-state index >= 15 is 0 Å². The van der Waals surface area contributed by atoms with Crippen LogP contribution in [-0.4, -0.2) is 36.0 Å². The van der Waals surface area contributed by atoms with Gasteiger partial charge < -0.3 is 15.4 Å². The minimum absolute atomic E-state index is 0.0134. The largest absolute Gasteiger partial charge is 0.497 e. The van der Waals surface area contributed by atoms with Crippen molar-refractivity contribution < 1.29 is 9.53 Å². The Bertz CT molecular complexity index is 1290. The Labute approximate surface area is 209 Å². The van der Waals surface area contributed by atoms with E-state index in [4.69, 9.17) is 10.5 Å². The number of nitrogens with zero attached hydrogens (tertiary/aromatic N) is 4. The normalized spacial score (nSPS) is 14.0. The highest BCUT2D eigenvalue weighted by Crippen LogP contribution is 2.42. The predicted molar refractivity (Wildman–Crippen MR) is 136 cm³/mol. The first-order valence-corrected chi connectivity index (χ1v) is 12.2. The highest BCUT2D eigenvalue weighted by atomic mass is 32.2. The molecule has 0 radical (unpaired) electrons. The molecule has 0 bridgehead atoms. The van der Waals surface area contributed by atoms with Crippen LogP contribution in [0.4, 0.5) is 5.82 Å². The van der Waals surface area contributed by atoms with E-state index in [1.165, 1.54) is 11.8 Å². The van der Waals surface area contributed by atoms with Crippen LogP contribution in [-0.2, 0) is 4.79 Å². The molecule has 35 heavy (non-hydrogen) atoms. The number of nitriles is 2. The SMILES string of the molecule is COc1ccc(-c2c(C#N)c(N)nc(SC(C(=O)N3CCCCC3)c3ccccc3)c2C#N)cc1. The van der Waals surface area contributed by atoms with Crippen molar-refractivity contribution in [3.05, 3.63) is 71.3 Å². The highest BCUT2D eigenvalue weighted by Gasteiger charge is 2.31. The molecule has 1 unspecified atom stereocenters. The van der Waals surface area contributed by atoms with Crippen LogP contribution in [0.25, 0.3) is 11.1 Å². The lowest BCUT2D eigenvalue weighted by Gasteiger charge is -2.30. The Hall–Kier alpha value is -4.01. The number of piperidine rings is 1. The number of thioether (sulfide) groups is 1. The zero-order valence-electron chi connectivity index (χ0n) is 19.4. The fraction of sp³-hybridized carbons (Fsp3) is 0.259. The van der Waals surface area contributed by atoms with Gasteiger partial charge in [0.25, 0.3) is 0 Å². The maximum absolute atomic E-state index is 13.6. The molecule has 176 valence electrons. The fourth-order valence-corrected chi connectivity index (χ4v) is 5.39. The monoisotopic (exact) mass is 483 g/mol. The van der Waals surface area contributed by atoms with Gasteiger partial charge >= 0.3 is 0 Å². The zero-order chi connectivity index (χ0) is 24.8. The second-order valence-electron chi connectivity index (χ2n) is 8.17. The molecule has 8 heteroatoms. The summed E-state index contributed by atoms with van der Waals surface area (Å²) in [5.41, 5.74) is 8.44. The molecule has 1 aliphatic heterocycles. The second kappa shape index (κ2) is 10.9. The van der Waals surface area contributed by atoms with Crippen molar-refractivity contribution in [2.45, 2.75) is 29.5 Å². The Kier molecular flexibility index (Phi) is 7.54. The van der Waals surface area contributed by atoms with E-state index in [-0.39, 0.29) is 22.9 Å². The first kappa shape index (κ1) is 24.1. The van der Waals surface area contributed by atoms with Crippen molar-refractivity contribution in [1.29, 1.82) is 10.5 Å². The van der Waals surface area contributed by atoms with E-state index < -0.39 is 5.25 Å². The van der Waals surface area contributed by atoms with Crippen molar-refractivity contribution in [1.82, 2.24) is 9.88 Å². The third-order valence-corrected chi connectivity index (χ3v) is 7.25. The number of aromatic nitrogens is 1. The number of carbonyl (C=O) groups is 1. The van der Waals surface area contributed by atoms with Gasteiger partial charge in [0, 0.05) is 18.7 Å². The number of anilines is 1. The molecule has 2 heterocycles. The number of carbonyl (C=O) groups excluding carboxylic acids is 1.